The van der Waals surface area contributed by atoms with E-state index < -0.39 is 0 Å². The van der Waals surface area contributed by atoms with Gasteiger partial charge >= 0.3 is 0 Å². The Labute approximate surface area is 201 Å². The van der Waals surface area contributed by atoms with Crippen molar-refractivity contribution in [1.29, 1.82) is 0 Å². The van der Waals surface area contributed by atoms with Crippen molar-refractivity contribution in [2.45, 2.75) is 25.2 Å². The summed E-state index contributed by atoms with van der Waals surface area (Å²) in [4.78, 5) is 0. The van der Waals surface area contributed by atoms with E-state index in [1.165, 1.54) is 61.2 Å². The van der Waals surface area contributed by atoms with Gasteiger partial charge in [-0.2, -0.15) is 0 Å². The van der Waals surface area contributed by atoms with Crippen LogP contribution in [0.2, 0.25) is 0 Å². The summed E-state index contributed by atoms with van der Waals surface area (Å²) in [6.45, 7) is 0. The van der Waals surface area contributed by atoms with Crippen LogP contribution in [0.5, 0.6) is 0 Å². The van der Waals surface area contributed by atoms with Gasteiger partial charge in [0, 0.05) is 5.92 Å². The Morgan fingerprint density at radius 2 is 0.912 bits per heavy atom. The highest BCUT2D eigenvalue weighted by molar-refractivity contribution is 5.80. The van der Waals surface area contributed by atoms with Crippen LogP contribution in [-0.2, 0) is 19.3 Å². The maximum atomic E-state index is 2.39. The van der Waals surface area contributed by atoms with E-state index in [1.54, 1.807) is 0 Å². The first-order valence-corrected chi connectivity index (χ1v) is 12.3. The van der Waals surface area contributed by atoms with Gasteiger partial charge in [-0.15, -0.1) is 0 Å². The van der Waals surface area contributed by atoms with Crippen LogP contribution in [0, 0.1) is 0 Å². The fraction of sp³-hybridized carbons (Fsp3) is 0.118. The topological polar surface area (TPSA) is 0 Å². The fourth-order valence-electron chi connectivity index (χ4n) is 6.25. The van der Waals surface area contributed by atoms with Crippen molar-refractivity contribution in [2.75, 3.05) is 0 Å². The van der Waals surface area contributed by atoms with Crippen LogP contribution in [-0.4, -0.2) is 0 Å². The smallest absolute Gasteiger partial charge is 0.0136 e. The molecule has 0 nitrogen and oxygen atoms in total. The highest BCUT2D eigenvalue weighted by Gasteiger charge is 2.29. The first-order chi connectivity index (χ1) is 16.9. The molecule has 0 aliphatic heterocycles. The minimum atomic E-state index is 0.330. The van der Waals surface area contributed by atoms with Gasteiger partial charge in [-0.05, 0) is 80.5 Å². The van der Waals surface area contributed by atoms with Crippen molar-refractivity contribution in [2.24, 2.45) is 0 Å². The van der Waals surface area contributed by atoms with Crippen molar-refractivity contribution < 1.29 is 0 Å². The van der Waals surface area contributed by atoms with E-state index in [-0.39, 0.29) is 0 Å². The van der Waals surface area contributed by atoms with E-state index in [9.17, 15) is 0 Å². The van der Waals surface area contributed by atoms with Crippen LogP contribution in [0.1, 0.15) is 44.9 Å². The number of hydrogen-bond donors (Lipinski definition) is 0. The highest BCUT2D eigenvalue weighted by Crippen LogP contribution is 2.46. The molecule has 162 valence electrons. The zero-order valence-electron chi connectivity index (χ0n) is 19.2. The van der Waals surface area contributed by atoms with Crippen LogP contribution < -0.4 is 0 Å². The zero-order valence-corrected chi connectivity index (χ0v) is 19.2. The molecule has 0 saturated carbocycles. The normalized spacial score (nSPS) is 12.9. The van der Waals surface area contributed by atoms with Crippen molar-refractivity contribution in [3.05, 3.63) is 154 Å². The molecule has 0 heteroatoms. The van der Waals surface area contributed by atoms with Gasteiger partial charge in [-0.25, -0.2) is 0 Å². The van der Waals surface area contributed by atoms with E-state index in [0.29, 0.717) is 5.92 Å². The molecule has 0 fully saturated rings. The van der Waals surface area contributed by atoms with Crippen LogP contribution in [0.15, 0.2) is 115 Å². The number of hydrogen-bond acceptors (Lipinski definition) is 0. The van der Waals surface area contributed by atoms with Gasteiger partial charge in [0.05, 0.1) is 0 Å². The summed E-state index contributed by atoms with van der Waals surface area (Å²) in [6, 6.07) is 42.8. The lowest BCUT2D eigenvalue weighted by atomic mass is 9.79. The summed E-state index contributed by atoms with van der Waals surface area (Å²) in [5.74, 6) is 0.330. The van der Waals surface area contributed by atoms with Crippen LogP contribution >= 0.6 is 0 Å². The number of fused-ring (bicyclic) bond motifs is 6. The first kappa shape index (κ1) is 19.6. The summed E-state index contributed by atoms with van der Waals surface area (Å²) in [7, 11) is 0. The molecule has 7 rings (SSSR count). The average Bonchev–Trinajstić information content (AvgIpc) is 3.47. The third-order valence-electron chi connectivity index (χ3n) is 7.81. The molecule has 0 unspecified atom stereocenters. The molecule has 0 aromatic heterocycles. The number of benzene rings is 5. The van der Waals surface area contributed by atoms with Gasteiger partial charge in [-0.3, -0.25) is 0 Å². The summed E-state index contributed by atoms with van der Waals surface area (Å²) in [6.07, 6.45) is 3.07. The average molecular weight is 435 g/mol. The van der Waals surface area contributed by atoms with E-state index in [1.807, 2.05) is 0 Å². The monoisotopic (exact) mass is 434 g/mol. The molecule has 34 heavy (non-hydrogen) atoms. The lowest BCUT2D eigenvalue weighted by Crippen LogP contribution is -2.10. The standard InChI is InChI=1S/C34H26/c1-2-10-23(11-3-1)20-32(30-18-8-16-28-26-14-6-4-12-24(26)21-33(28)30)31-19-9-17-29-27-15-7-5-13-25(27)22-34(29)31/h1-19,32H,20-22H2. The van der Waals surface area contributed by atoms with Gasteiger partial charge in [0.25, 0.3) is 0 Å². The molecule has 0 bridgehead atoms. The summed E-state index contributed by atoms with van der Waals surface area (Å²) in [5.41, 5.74) is 16.0. The predicted octanol–water partition coefficient (Wildman–Crippen LogP) is 8.20. The Bertz CT molecular complexity index is 1430. The van der Waals surface area contributed by atoms with Gasteiger partial charge in [0.1, 0.15) is 0 Å². The molecule has 2 aliphatic carbocycles. The van der Waals surface area contributed by atoms with Crippen LogP contribution in [0.3, 0.4) is 0 Å². The Hall–Kier alpha value is -3.90. The minimum absolute atomic E-state index is 0.330. The van der Waals surface area contributed by atoms with Gasteiger partial charge in [-0.1, -0.05) is 115 Å². The quantitative estimate of drug-likeness (QED) is 0.262. The second-order valence-electron chi connectivity index (χ2n) is 9.66. The molecule has 5 aromatic carbocycles. The third-order valence-corrected chi connectivity index (χ3v) is 7.81. The van der Waals surface area contributed by atoms with Crippen LogP contribution in [0.25, 0.3) is 22.3 Å². The SMILES string of the molecule is c1ccc(CC(c2cccc3c2Cc2ccccc2-3)c2cccc3c2Cc2ccccc2-3)cc1. The highest BCUT2D eigenvalue weighted by atomic mass is 14.3. The fourth-order valence-corrected chi connectivity index (χ4v) is 6.25. The summed E-state index contributed by atoms with van der Waals surface area (Å²) >= 11 is 0. The molecule has 5 aromatic rings. The van der Waals surface area contributed by atoms with E-state index in [0.717, 1.165) is 19.3 Å². The summed E-state index contributed by atoms with van der Waals surface area (Å²) < 4.78 is 0. The second-order valence-corrected chi connectivity index (χ2v) is 9.66. The lowest BCUT2D eigenvalue weighted by molar-refractivity contribution is 0.787. The largest absolute Gasteiger partial charge is 0.0622 e. The van der Waals surface area contributed by atoms with Crippen molar-refractivity contribution in [3.8, 4) is 22.3 Å². The van der Waals surface area contributed by atoms with Gasteiger partial charge in [0.2, 0.25) is 0 Å². The van der Waals surface area contributed by atoms with E-state index in [2.05, 4.69) is 115 Å². The number of rotatable bonds is 4. The summed E-state index contributed by atoms with van der Waals surface area (Å²) in [5, 5.41) is 0. The van der Waals surface area contributed by atoms with Gasteiger partial charge < -0.3 is 0 Å². The molecule has 0 radical (unpaired) electrons. The predicted molar refractivity (Wildman–Crippen MR) is 141 cm³/mol. The third kappa shape index (κ3) is 3.06. The Balaban J connectivity index is 1.41. The lowest BCUT2D eigenvalue weighted by Gasteiger charge is -2.24. The van der Waals surface area contributed by atoms with E-state index >= 15 is 0 Å². The molecule has 0 N–H and O–H groups in total. The molecule has 2 aliphatic rings. The Kier molecular flexibility index (Phi) is 4.52. The van der Waals surface area contributed by atoms with Crippen molar-refractivity contribution >= 4 is 0 Å². The van der Waals surface area contributed by atoms with Crippen LogP contribution in [0.4, 0.5) is 0 Å². The molecule has 0 saturated heterocycles. The molecule has 0 spiro atoms. The maximum Gasteiger partial charge on any atom is 0.0136 e. The molecule has 0 heterocycles. The molecule has 0 atom stereocenters. The van der Waals surface area contributed by atoms with E-state index in [4.69, 9.17) is 0 Å². The maximum absolute atomic E-state index is 2.39. The minimum Gasteiger partial charge on any atom is -0.0622 e. The first-order valence-electron chi connectivity index (χ1n) is 12.3. The molecule has 0 amide bonds. The molecular weight excluding hydrogens is 408 g/mol. The van der Waals surface area contributed by atoms with Crippen molar-refractivity contribution in [1.82, 2.24) is 0 Å². The van der Waals surface area contributed by atoms with Crippen molar-refractivity contribution in [3.63, 3.8) is 0 Å². The molecular formula is C34H26. The Morgan fingerprint density at radius 1 is 0.441 bits per heavy atom. The zero-order chi connectivity index (χ0) is 22.5. The Morgan fingerprint density at radius 3 is 1.47 bits per heavy atom. The second kappa shape index (κ2) is 7.85. The van der Waals surface area contributed by atoms with Gasteiger partial charge in [0.15, 0.2) is 0 Å².